The fourth-order valence-electron chi connectivity index (χ4n) is 3.37. The maximum absolute atomic E-state index is 15.2. The fraction of sp³-hybridized carbons (Fsp3) is 0.200. The quantitative estimate of drug-likeness (QED) is 0.251. The molecule has 0 atom stereocenters. The molecule has 0 saturated carbocycles. The van der Waals surface area contributed by atoms with Gasteiger partial charge in [0.15, 0.2) is 23.1 Å². The van der Waals surface area contributed by atoms with Gasteiger partial charge in [0.2, 0.25) is 5.75 Å². The van der Waals surface area contributed by atoms with Crippen molar-refractivity contribution in [1.82, 2.24) is 0 Å². The molecule has 0 aliphatic heterocycles. The zero-order valence-electron chi connectivity index (χ0n) is 20.6. The number of ether oxygens (including phenoxy) is 5. The number of anilines is 1. The van der Waals surface area contributed by atoms with Gasteiger partial charge in [0.1, 0.15) is 5.75 Å². The van der Waals surface area contributed by atoms with E-state index in [0.29, 0.717) is 22.8 Å². The molecule has 0 radical (unpaired) electrons. The van der Waals surface area contributed by atoms with E-state index in [-0.39, 0.29) is 11.3 Å². The second kappa shape index (κ2) is 11.5. The summed E-state index contributed by atoms with van der Waals surface area (Å²) in [4.78, 5) is -0.422. The molecule has 204 valence electrons. The minimum Gasteiger partial charge on any atom is -0.494 e. The second-order valence-electron chi connectivity index (χ2n) is 7.46. The highest BCUT2D eigenvalue weighted by Crippen LogP contribution is 2.39. The summed E-state index contributed by atoms with van der Waals surface area (Å²) >= 11 is 0. The average Bonchev–Trinajstić information content (AvgIpc) is 2.87. The zero-order chi connectivity index (χ0) is 28.1. The number of rotatable bonds is 10. The number of halogens is 4. The molecular weight excluding hydrogens is 534 g/mol. The van der Waals surface area contributed by atoms with E-state index in [1.807, 2.05) is 0 Å². The largest absolute Gasteiger partial charge is 0.573 e. The SMILES string of the molecule is COc1ccc(C=Cc2cc(OC)c(OC)c(OC)c2)c(NS(=O)(=O)c2ccc(OC(F)(F)F)cc2)c1F. The lowest BCUT2D eigenvalue weighted by molar-refractivity contribution is -0.274. The highest BCUT2D eigenvalue weighted by molar-refractivity contribution is 7.92. The molecule has 13 heteroatoms. The molecule has 0 bridgehead atoms. The molecule has 0 aliphatic rings. The lowest BCUT2D eigenvalue weighted by Gasteiger charge is -2.15. The molecule has 3 aromatic rings. The Bertz CT molecular complexity index is 1400. The summed E-state index contributed by atoms with van der Waals surface area (Å²) in [5.74, 6) is -0.750. The van der Waals surface area contributed by atoms with E-state index in [0.717, 1.165) is 24.3 Å². The molecule has 0 unspecified atom stereocenters. The lowest BCUT2D eigenvalue weighted by atomic mass is 10.1. The summed E-state index contributed by atoms with van der Waals surface area (Å²) in [5.41, 5.74) is 0.242. The molecule has 8 nitrogen and oxygen atoms in total. The summed E-state index contributed by atoms with van der Waals surface area (Å²) in [5, 5.41) is 0. The van der Waals surface area contributed by atoms with Gasteiger partial charge in [0, 0.05) is 5.56 Å². The maximum Gasteiger partial charge on any atom is 0.573 e. The van der Waals surface area contributed by atoms with Crippen molar-refractivity contribution in [1.29, 1.82) is 0 Å². The number of nitrogens with one attached hydrogen (secondary N) is 1. The number of hydrogen-bond donors (Lipinski definition) is 1. The minimum atomic E-state index is -4.94. The Labute approximate surface area is 216 Å². The van der Waals surface area contributed by atoms with E-state index < -0.39 is 38.5 Å². The van der Waals surface area contributed by atoms with Gasteiger partial charge in [0.25, 0.3) is 10.0 Å². The van der Waals surface area contributed by atoms with Gasteiger partial charge in [-0.25, -0.2) is 12.8 Å². The first-order valence-corrected chi connectivity index (χ1v) is 12.1. The smallest absolute Gasteiger partial charge is 0.494 e. The molecule has 0 amide bonds. The average molecular weight is 558 g/mol. The van der Waals surface area contributed by atoms with Crippen LogP contribution in [0.15, 0.2) is 53.4 Å². The van der Waals surface area contributed by atoms with Crippen molar-refractivity contribution in [2.45, 2.75) is 11.3 Å². The predicted octanol–water partition coefficient (Wildman–Crippen LogP) is 5.73. The van der Waals surface area contributed by atoms with Crippen molar-refractivity contribution in [2.24, 2.45) is 0 Å². The van der Waals surface area contributed by atoms with Crippen LogP contribution in [0.1, 0.15) is 11.1 Å². The van der Waals surface area contributed by atoms with Gasteiger partial charge in [-0.1, -0.05) is 12.2 Å². The van der Waals surface area contributed by atoms with Crippen molar-refractivity contribution in [2.75, 3.05) is 33.2 Å². The van der Waals surface area contributed by atoms with Crippen LogP contribution in [-0.2, 0) is 10.0 Å². The van der Waals surface area contributed by atoms with E-state index in [4.69, 9.17) is 18.9 Å². The number of methoxy groups -OCH3 is 4. The van der Waals surface area contributed by atoms with Crippen molar-refractivity contribution in [3.63, 3.8) is 0 Å². The van der Waals surface area contributed by atoms with Crippen LogP contribution in [-0.4, -0.2) is 43.2 Å². The van der Waals surface area contributed by atoms with Crippen molar-refractivity contribution >= 4 is 27.9 Å². The number of hydrogen-bond acceptors (Lipinski definition) is 7. The number of benzene rings is 3. The molecule has 3 aromatic carbocycles. The Morgan fingerprint density at radius 1 is 0.789 bits per heavy atom. The molecule has 0 aliphatic carbocycles. The maximum atomic E-state index is 15.2. The Morgan fingerprint density at radius 3 is 1.87 bits per heavy atom. The van der Waals surface area contributed by atoms with Gasteiger partial charge < -0.3 is 23.7 Å². The number of sulfonamides is 1. The zero-order valence-corrected chi connectivity index (χ0v) is 21.4. The summed E-state index contributed by atoms with van der Waals surface area (Å²) < 4.78 is 105. The van der Waals surface area contributed by atoms with E-state index in [2.05, 4.69) is 9.46 Å². The van der Waals surface area contributed by atoms with E-state index in [9.17, 15) is 21.6 Å². The molecule has 0 aromatic heterocycles. The summed E-state index contributed by atoms with van der Waals surface area (Å²) in [6, 6.07) is 9.45. The first-order valence-electron chi connectivity index (χ1n) is 10.7. The molecule has 0 fully saturated rings. The Kier molecular flexibility index (Phi) is 8.61. The highest BCUT2D eigenvalue weighted by atomic mass is 32.2. The third-order valence-corrected chi connectivity index (χ3v) is 6.47. The van der Waals surface area contributed by atoms with Gasteiger partial charge in [-0.05, 0) is 54.1 Å². The third kappa shape index (κ3) is 6.59. The van der Waals surface area contributed by atoms with E-state index in [1.54, 1.807) is 18.2 Å². The molecule has 1 N–H and O–H groups in total. The topological polar surface area (TPSA) is 92.3 Å². The molecule has 0 saturated heterocycles. The van der Waals surface area contributed by atoms with Crippen LogP contribution >= 0.6 is 0 Å². The van der Waals surface area contributed by atoms with Crippen LogP contribution in [0.3, 0.4) is 0 Å². The monoisotopic (exact) mass is 557 g/mol. The van der Waals surface area contributed by atoms with Crippen LogP contribution in [0.2, 0.25) is 0 Å². The van der Waals surface area contributed by atoms with Gasteiger partial charge in [0.05, 0.1) is 39.0 Å². The Balaban J connectivity index is 2.00. The lowest BCUT2D eigenvalue weighted by Crippen LogP contribution is -2.18. The Morgan fingerprint density at radius 2 is 1.37 bits per heavy atom. The van der Waals surface area contributed by atoms with Crippen LogP contribution in [0.25, 0.3) is 12.2 Å². The molecule has 0 heterocycles. The molecule has 38 heavy (non-hydrogen) atoms. The minimum absolute atomic E-state index is 0.123. The van der Waals surface area contributed by atoms with Gasteiger partial charge in [-0.15, -0.1) is 13.2 Å². The van der Waals surface area contributed by atoms with Crippen molar-refractivity contribution in [3.05, 3.63) is 65.5 Å². The van der Waals surface area contributed by atoms with E-state index >= 15 is 4.39 Å². The predicted molar refractivity (Wildman–Crippen MR) is 132 cm³/mol. The van der Waals surface area contributed by atoms with Gasteiger partial charge in [-0.2, -0.15) is 0 Å². The third-order valence-electron chi connectivity index (χ3n) is 5.11. The molecule has 3 rings (SSSR count). The normalized spacial score (nSPS) is 11.8. The summed E-state index contributed by atoms with van der Waals surface area (Å²) in [6.07, 6.45) is -1.93. The van der Waals surface area contributed by atoms with Crippen LogP contribution in [0.5, 0.6) is 28.7 Å². The molecule has 0 spiro atoms. The van der Waals surface area contributed by atoms with Gasteiger partial charge in [-0.3, -0.25) is 4.72 Å². The molecular formula is C25H23F4NO7S. The summed E-state index contributed by atoms with van der Waals surface area (Å²) in [6.45, 7) is 0. The highest BCUT2D eigenvalue weighted by Gasteiger charge is 2.31. The first-order chi connectivity index (χ1) is 17.9. The van der Waals surface area contributed by atoms with Crippen molar-refractivity contribution in [3.8, 4) is 28.7 Å². The Hall–Kier alpha value is -4.13. The second-order valence-corrected chi connectivity index (χ2v) is 9.15. The fourth-order valence-corrected chi connectivity index (χ4v) is 4.46. The van der Waals surface area contributed by atoms with E-state index in [1.165, 1.54) is 46.6 Å². The van der Waals surface area contributed by atoms with Crippen LogP contribution in [0.4, 0.5) is 23.2 Å². The van der Waals surface area contributed by atoms with Crippen LogP contribution in [0, 0.1) is 5.82 Å². The summed E-state index contributed by atoms with van der Waals surface area (Å²) in [7, 11) is 1.12. The van der Waals surface area contributed by atoms with Crippen LogP contribution < -0.4 is 28.4 Å². The van der Waals surface area contributed by atoms with Gasteiger partial charge >= 0.3 is 6.36 Å². The number of alkyl halides is 3. The van der Waals surface area contributed by atoms with Crippen molar-refractivity contribution < 1.29 is 49.7 Å². The standard InChI is InChI=1S/C25H23F4NO7S/c1-33-19-12-7-16(6-5-15-13-20(34-2)24(36-4)21(14-15)35-3)23(22(19)26)30-38(31,32)18-10-8-17(9-11-18)37-25(27,28)29/h5-14,30H,1-4H3. The first kappa shape index (κ1) is 28.4.